The Kier molecular flexibility index (Phi) is 3.80. The number of rotatable bonds is 2. The number of nitrogens with zero attached hydrogens (tertiary/aromatic N) is 2. The van der Waals surface area contributed by atoms with Crippen LogP contribution in [0.15, 0.2) is 23.1 Å². The van der Waals surface area contributed by atoms with Gasteiger partial charge in [0, 0.05) is 19.6 Å². The molecule has 0 unspecified atom stereocenters. The Labute approximate surface area is 136 Å². The maximum absolute atomic E-state index is 12.7. The number of hydrogen-bond donors (Lipinski definition) is 1. The van der Waals surface area contributed by atoms with Crippen LogP contribution in [-0.2, 0) is 14.8 Å². The summed E-state index contributed by atoms with van der Waals surface area (Å²) in [5.41, 5.74) is 0. The molecule has 1 aromatic carbocycles. The Morgan fingerprint density at radius 2 is 1.77 bits per heavy atom. The Balaban J connectivity index is 1.95. The van der Waals surface area contributed by atoms with E-state index in [2.05, 4.69) is 5.32 Å². The Hall–Kier alpha value is -1.35. The Morgan fingerprint density at radius 1 is 1.14 bits per heavy atom. The Morgan fingerprint density at radius 3 is 2.41 bits per heavy atom. The summed E-state index contributed by atoms with van der Waals surface area (Å²) in [4.78, 5) is 24.4. The molecule has 1 atom stereocenters. The van der Waals surface area contributed by atoms with E-state index < -0.39 is 28.0 Å². The molecule has 0 aliphatic carbocycles. The minimum atomic E-state index is -3.95. The summed E-state index contributed by atoms with van der Waals surface area (Å²) < 4.78 is 26.6. The highest BCUT2D eigenvalue weighted by Gasteiger charge is 2.45. The number of hydrogen-bond acceptors (Lipinski definition) is 4. The molecule has 0 radical (unpaired) electrons. The van der Waals surface area contributed by atoms with E-state index in [-0.39, 0.29) is 34.6 Å². The minimum Gasteiger partial charge on any atom is -0.310 e. The Bertz CT molecular complexity index is 747. The first-order valence-electron chi connectivity index (χ1n) is 6.38. The van der Waals surface area contributed by atoms with Crippen LogP contribution in [0.1, 0.15) is 0 Å². The second-order valence-electron chi connectivity index (χ2n) is 4.92. The van der Waals surface area contributed by atoms with Gasteiger partial charge in [0.2, 0.25) is 10.0 Å². The van der Waals surface area contributed by atoms with Crippen molar-refractivity contribution in [2.45, 2.75) is 10.9 Å². The van der Waals surface area contributed by atoms with Gasteiger partial charge in [0.25, 0.3) is 5.91 Å². The van der Waals surface area contributed by atoms with E-state index in [1.807, 2.05) is 0 Å². The van der Waals surface area contributed by atoms with Gasteiger partial charge < -0.3 is 4.90 Å². The third kappa shape index (κ3) is 2.36. The number of halogens is 2. The fourth-order valence-electron chi connectivity index (χ4n) is 2.56. The molecule has 2 aliphatic rings. The molecule has 2 aliphatic heterocycles. The van der Waals surface area contributed by atoms with Crippen LogP contribution >= 0.6 is 23.2 Å². The number of imide groups is 1. The van der Waals surface area contributed by atoms with Crippen LogP contribution in [0.5, 0.6) is 0 Å². The normalized spacial score (nSPS) is 22.6. The highest BCUT2D eigenvalue weighted by molar-refractivity contribution is 7.89. The van der Waals surface area contributed by atoms with Crippen LogP contribution in [0.4, 0.5) is 4.79 Å². The monoisotopic (exact) mass is 363 g/mol. The smallest absolute Gasteiger partial charge is 0.310 e. The van der Waals surface area contributed by atoms with Crippen LogP contribution in [0.25, 0.3) is 0 Å². The van der Waals surface area contributed by atoms with Crippen LogP contribution in [0.3, 0.4) is 0 Å². The zero-order valence-electron chi connectivity index (χ0n) is 11.1. The van der Waals surface area contributed by atoms with Gasteiger partial charge >= 0.3 is 6.03 Å². The van der Waals surface area contributed by atoms with Crippen molar-refractivity contribution >= 4 is 45.2 Å². The molecule has 10 heteroatoms. The lowest BCUT2D eigenvalue weighted by atomic mass is 10.2. The molecule has 0 aromatic heterocycles. The van der Waals surface area contributed by atoms with E-state index >= 15 is 0 Å². The van der Waals surface area contributed by atoms with E-state index in [9.17, 15) is 18.0 Å². The molecular formula is C12H11Cl2N3O4S. The topological polar surface area (TPSA) is 86.8 Å². The summed E-state index contributed by atoms with van der Waals surface area (Å²) in [7, 11) is -3.95. The maximum Gasteiger partial charge on any atom is 0.324 e. The van der Waals surface area contributed by atoms with Crippen molar-refractivity contribution in [1.82, 2.24) is 14.5 Å². The number of benzene rings is 1. The van der Waals surface area contributed by atoms with Crippen molar-refractivity contribution in [2.75, 3.05) is 19.6 Å². The number of urea groups is 1. The number of nitrogens with one attached hydrogen (secondary N) is 1. The van der Waals surface area contributed by atoms with Gasteiger partial charge in [-0.3, -0.25) is 10.1 Å². The molecule has 2 heterocycles. The second-order valence-corrected chi connectivity index (χ2v) is 7.61. The van der Waals surface area contributed by atoms with Crippen LogP contribution < -0.4 is 5.32 Å². The molecule has 7 nitrogen and oxygen atoms in total. The lowest BCUT2D eigenvalue weighted by Crippen LogP contribution is -2.54. The predicted octanol–water partition coefficient (Wildman–Crippen LogP) is 0.918. The van der Waals surface area contributed by atoms with Gasteiger partial charge in [0.15, 0.2) is 0 Å². The molecule has 118 valence electrons. The number of fused-ring (bicyclic) bond motifs is 1. The van der Waals surface area contributed by atoms with Crippen molar-refractivity contribution in [3.63, 3.8) is 0 Å². The zero-order valence-corrected chi connectivity index (χ0v) is 13.5. The molecule has 3 amide bonds. The van der Waals surface area contributed by atoms with Gasteiger partial charge in [-0.25, -0.2) is 13.2 Å². The second kappa shape index (κ2) is 5.38. The summed E-state index contributed by atoms with van der Waals surface area (Å²) >= 11 is 11.9. The molecule has 22 heavy (non-hydrogen) atoms. The van der Waals surface area contributed by atoms with Gasteiger partial charge in [-0.1, -0.05) is 29.3 Å². The van der Waals surface area contributed by atoms with Crippen molar-refractivity contribution < 1.29 is 18.0 Å². The molecule has 2 fully saturated rings. The van der Waals surface area contributed by atoms with E-state index in [1.165, 1.54) is 17.0 Å². The number of amides is 3. The maximum atomic E-state index is 12.7. The van der Waals surface area contributed by atoms with Gasteiger partial charge in [0.05, 0.1) is 10.0 Å². The highest BCUT2D eigenvalue weighted by Crippen LogP contribution is 2.32. The standard InChI is InChI=1S/C12H11Cl2N3O4S/c13-7-2-1-3-8(14)10(7)22(20,21)16-4-5-17-9(6-16)11(18)15-12(17)19/h1-3,9H,4-6H2,(H,15,18,19)/t9-/m1/s1. The summed E-state index contributed by atoms with van der Waals surface area (Å²) in [6.07, 6.45) is 0. The van der Waals surface area contributed by atoms with E-state index in [4.69, 9.17) is 23.2 Å². The first-order chi connectivity index (χ1) is 10.3. The van der Waals surface area contributed by atoms with Gasteiger partial charge in [-0.05, 0) is 12.1 Å². The number of carbonyl (C=O) groups is 2. The van der Waals surface area contributed by atoms with Crippen LogP contribution in [0.2, 0.25) is 10.0 Å². The summed E-state index contributed by atoms with van der Waals surface area (Å²) in [6.45, 7) is 0.0755. The summed E-state index contributed by atoms with van der Waals surface area (Å²) in [5, 5.41) is 2.20. The van der Waals surface area contributed by atoms with Gasteiger partial charge in [-0.2, -0.15) is 4.31 Å². The average molecular weight is 364 g/mol. The summed E-state index contributed by atoms with van der Waals surface area (Å²) in [5.74, 6) is -0.504. The lowest BCUT2D eigenvalue weighted by molar-refractivity contribution is -0.122. The lowest BCUT2D eigenvalue weighted by Gasteiger charge is -2.34. The SMILES string of the molecule is O=C1NC(=O)N2CCN(S(=O)(=O)c3c(Cl)cccc3Cl)C[C@H]12. The van der Waals surface area contributed by atoms with E-state index in [0.717, 1.165) is 4.31 Å². The number of sulfonamides is 1. The van der Waals surface area contributed by atoms with Crippen molar-refractivity contribution in [1.29, 1.82) is 0 Å². The van der Waals surface area contributed by atoms with Crippen molar-refractivity contribution in [3.05, 3.63) is 28.2 Å². The molecule has 0 bridgehead atoms. The number of piperazine rings is 1. The molecular weight excluding hydrogens is 353 g/mol. The van der Waals surface area contributed by atoms with E-state index in [0.29, 0.717) is 0 Å². The van der Waals surface area contributed by atoms with Gasteiger partial charge in [0.1, 0.15) is 10.9 Å². The van der Waals surface area contributed by atoms with Crippen LogP contribution in [0, 0.1) is 0 Å². The number of carbonyl (C=O) groups excluding carboxylic acids is 2. The molecule has 0 spiro atoms. The average Bonchev–Trinajstić information content (AvgIpc) is 2.73. The van der Waals surface area contributed by atoms with Crippen LogP contribution in [-0.4, -0.2) is 55.2 Å². The van der Waals surface area contributed by atoms with E-state index in [1.54, 1.807) is 6.07 Å². The third-order valence-electron chi connectivity index (χ3n) is 3.65. The molecule has 2 saturated heterocycles. The van der Waals surface area contributed by atoms with Gasteiger partial charge in [-0.15, -0.1) is 0 Å². The predicted molar refractivity (Wildman–Crippen MR) is 79.3 cm³/mol. The molecule has 1 aromatic rings. The minimum absolute atomic E-state index is 0.0156. The third-order valence-corrected chi connectivity index (χ3v) is 6.47. The quantitative estimate of drug-likeness (QED) is 0.791. The van der Waals surface area contributed by atoms with Crippen molar-refractivity contribution in [3.8, 4) is 0 Å². The fraction of sp³-hybridized carbons (Fsp3) is 0.333. The largest absolute Gasteiger partial charge is 0.324 e. The first-order valence-corrected chi connectivity index (χ1v) is 8.57. The summed E-state index contributed by atoms with van der Waals surface area (Å²) in [6, 6.07) is 3.09. The molecule has 1 N–H and O–H groups in total. The first kappa shape index (κ1) is 15.5. The van der Waals surface area contributed by atoms with Crippen molar-refractivity contribution in [2.24, 2.45) is 0 Å². The zero-order chi connectivity index (χ0) is 16.1. The molecule has 3 rings (SSSR count). The highest BCUT2D eigenvalue weighted by atomic mass is 35.5. The molecule has 0 saturated carbocycles. The fourth-order valence-corrected chi connectivity index (χ4v) is 5.09.